The molecule has 586 valence electrons. The van der Waals surface area contributed by atoms with Crippen molar-refractivity contribution in [3.63, 3.8) is 0 Å². The number of halogens is 1. The number of benzene rings is 16. The van der Waals surface area contributed by atoms with E-state index in [4.69, 9.17) is 29.2 Å². The molecule has 0 N–H and O–H groups in total. The molecule has 16 aromatic carbocycles. The molecular weight excluding hydrogens is 1580 g/mol. The summed E-state index contributed by atoms with van der Waals surface area (Å²) in [4.78, 5) is 29.8. The van der Waals surface area contributed by atoms with E-state index in [1.54, 1.807) is 0 Å². The van der Waals surface area contributed by atoms with Gasteiger partial charge in [-0.3, -0.25) is 0 Å². The van der Waals surface area contributed by atoms with E-state index in [9.17, 15) is 0 Å². The zero-order valence-corrected chi connectivity index (χ0v) is 70.1. The molecule has 10 heteroatoms. The Labute approximate surface area is 728 Å². The first kappa shape index (κ1) is 74.5. The van der Waals surface area contributed by atoms with E-state index in [1.807, 2.05) is 103 Å². The number of para-hydroxylation sites is 2. The first-order valence-electron chi connectivity index (χ1n) is 42.4. The minimum absolute atomic E-state index is 0.387. The highest BCUT2D eigenvalue weighted by Gasteiger charge is 2.55. The van der Waals surface area contributed by atoms with E-state index >= 15 is 0 Å². The fourth-order valence-electron chi connectivity index (χ4n) is 20.3. The largest absolute Gasteiger partial charge is 0.494 e. The maximum Gasteiger partial charge on any atom is 0.494 e. The number of rotatable bonds is 8. The molecule has 1 aliphatic heterocycles. The maximum atomic E-state index is 6.37. The Morgan fingerprint density at radius 2 is 0.532 bits per heavy atom. The van der Waals surface area contributed by atoms with Crippen LogP contribution in [0.1, 0.15) is 72.2 Å². The summed E-state index contributed by atoms with van der Waals surface area (Å²) in [5.41, 5.74) is 35.5. The fourth-order valence-corrected chi connectivity index (χ4v) is 20.6. The lowest BCUT2D eigenvalue weighted by atomic mass is 9.70. The average molecular weight is 1650 g/mol. The van der Waals surface area contributed by atoms with Crippen LogP contribution in [0.3, 0.4) is 0 Å². The van der Waals surface area contributed by atoms with Crippen molar-refractivity contribution in [3.8, 4) is 123 Å². The molecule has 124 heavy (non-hydrogen) atoms. The van der Waals surface area contributed by atoms with Crippen molar-refractivity contribution in [1.29, 1.82) is 0 Å². The molecule has 0 amide bonds. The third-order valence-electron chi connectivity index (χ3n) is 26.5. The minimum atomic E-state index is -0.410. The normalized spacial score (nSPS) is 14.3. The molecule has 0 bridgehead atoms. The molecule has 8 nitrogen and oxygen atoms in total. The van der Waals surface area contributed by atoms with Crippen molar-refractivity contribution in [2.75, 3.05) is 0 Å². The van der Waals surface area contributed by atoms with Crippen molar-refractivity contribution >= 4 is 71.9 Å². The summed E-state index contributed by atoms with van der Waals surface area (Å²) in [5.74, 6) is 0.690. The zero-order chi connectivity index (χ0) is 83.0. The van der Waals surface area contributed by atoms with Crippen LogP contribution in [0.5, 0.6) is 0 Å². The lowest BCUT2D eigenvalue weighted by Crippen LogP contribution is -2.41. The highest BCUT2D eigenvalue weighted by atomic mass is 79.9. The third-order valence-corrected chi connectivity index (χ3v) is 26.8. The molecule has 5 heterocycles. The molecule has 0 atom stereocenters. The molecule has 4 aromatic heterocycles. The Morgan fingerprint density at radius 1 is 0.242 bits per heavy atom. The number of aromatic nitrogens is 6. The van der Waals surface area contributed by atoms with Crippen LogP contribution in [-0.4, -0.2) is 48.2 Å². The molecule has 0 saturated carbocycles. The molecule has 0 radical (unpaired) electrons. The van der Waals surface area contributed by atoms with Crippen molar-refractivity contribution in [1.82, 2.24) is 29.9 Å². The van der Waals surface area contributed by atoms with Gasteiger partial charge in [-0.15, -0.1) is 0 Å². The number of hydrogen-bond acceptors (Lipinski definition) is 8. The maximum absolute atomic E-state index is 6.37. The van der Waals surface area contributed by atoms with Crippen molar-refractivity contribution in [3.05, 3.63) is 450 Å². The van der Waals surface area contributed by atoms with Gasteiger partial charge in [-0.2, -0.15) is 0 Å². The molecule has 25 rings (SSSR count). The average Bonchev–Trinajstić information content (AvgIpc) is 1.50. The van der Waals surface area contributed by atoms with Crippen LogP contribution in [0.2, 0.25) is 0 Å². The Balaban J connectivity index is 0.000000120. The van der Waals surface area contributed by atoms with Gasteiger partial charge < -0.3 is 9.31 Å². The standard InChI is InChI=1S/C54H33N3.C44H34BNO2.C16H11BrN2/c1-3-15-34(16-4-1)48-33-49(35-17-5-2-6-18-35)57-53(56-48)37-29-27-36(28-30-37)52-42-31-32-46-51(50(42)41-22-10-14-26-47(41)55-52)40-21-9-13-25-45(40)54(46)43-23-11-7-19-38(43)39-20-8-12-24-44(39)54;1-42(2)43(3,4)48-45(47-42)28-23-21-27(22-24-28)41-33-25-26-37-40(39(33)32-16-8-12-20-38(32)46-41)31-15-7-11-19-36(31)44(37)34-17-9-5-13-29(34)30-14-6-10-18-35(30)44;17-16-18-14(12-7-3-1-4-8-12)11-15(19-16)13-9-5-2-6-10-13/h1-33H;5-26H,1-4H3;1-11H. The highest BCUT2D eigenvalue weighted by Crippen LogP contribution is 2.66. The van der Waals surface area contributed by atoms with Gasteiger partial charge in [0, 0.05) is 71.3 Å². The molecule has 20 aromatic rings. The van der Waals surface area contributed by atoms with Crippen LogP contribution in [0, 0.1) is 0 Å². The predicted molar refractivity (Wildman–Crippen MR) is 510 cm³/mol. The third kappa shape index (κ3) is 11.7. The van der Waals surface area contributed by atoms with Crippen molar-refractivity contribution < 1.29 is 9.31 Å². The molecule has 5 aliphatic rings. The lowest BCUT2D eigenvalue weighted by Gasteiger charge is -2.32. The van der Waals surface area contributed by atoms with Crippen molar-refractivity contribution in [2.24, 2.45) is 0 Å². The molecule has 4 aliphatic carbocycles. The van der Waals surface area contributed by atoms with Crippen molar-refractivity contribution in [2.45, 2.75) is 49.7 Å². The SMILES string of the molecule is Brc1nc(-c2ccccc2)cc(-c2ccccc2)n1.CC1(C)OB(c2ccc(-c3nc4ccccc4c4c5c(ccc34)C3(c4ccccc4-c4ccccc43)c3ccccc3-5)cc2)OC1(C)C.c1ccc(-c2cc(-c3ccccc3)nc(-c3ccc(-c4nc5ccccc5c5c6c(ccc45)C4(c5ccccc5-c5ccccc54)c4ccccc4-6)cc3)n2)cc1. The van der Waals surface area contributed by atoms with E-state index < -0.39 is 12.5 Å². The van der Waals surface area contributed by atoms with Crippen LogP contribution in [0.15, 0.2) is 405 Å². The summed E-state index contributed by atoms with van der Waals surface area (Å²) in [6, 6.07) is 143. The zero-order valence-electron chi connectivity index (χ0n) is 68.6. The molecule has 0 unspecified atom stereocenters. The Morgan fingerprint density at radius 3 is 0.895 bits per heavy atom. The number of pyridine rings is 2. The van der Waals surface area contributed by atoms with Crippen LogP contribution in [0.4, 0.5) is 0 Å². The van der Waals surface area contributed by atoms with Crippen LogP contribution < -0.4 is 5.46 Å². The lowest BCUT2D eigenvalue weighted by molar-refractivity contribution is 0.00578. The number of hydrogen-bond donors (Lipinski definition) is 0. The van der Waals surface area contributed by atoms with Gasteiger partial charge in [0.1, 0.15) is 0 Å². The summed E-state index contributed by atoms with van der Waals surface area (Å²) >= 11 is 3.39. The molecule has 1 saturated heterocycles. The molecular formula is C114H78BBrN6O2. The number of nitrogens with zero attached hydrogens (tertiary/aromatic N) is 6. The molecule has 1 fully saturated rings. The Hall–Kier alpha value is -14.5. The topological polar surface area (TPSA) is 95.8 Å². The van der Waals surface area contributed by atoms with Gasteiger partial charge in [-0.25, -0.2) is 29.9 Å². The minimum Gasteiger partial charge on any atom is -0.399 e. The first-order chi connectivity index (χ1) is 60.9. The van der Waals surface area contributed by atoms with Gasteiger partial charge in [0.2, 0.25) is 0 Å². The first-order valence-corrected chi connectivity index (χ1v) is 43.2. The summed E-state index contributed by atoms with van der Waals surface area (Å²) in [5, 5.41) is 7.13. The van der Waals surface area contributed by atoms with E-state index in [0.29, 0.717) is 10.6 Å². The fraction of sp³-hybridized carbons (Fsp3) is 0.0702. The van der Waals surface area contributed by atoms with Crippen LogP contribution >= 0.6 is 15.9 Å². The van der Waals surface area contributed by atoms with E-state index in [2.05, 4.69) is 351 Å². The molecule has 2 spiro atoms. The monoisotopic (exact) mass is 1650 g/mol. The van der Waals surface area contributed by atoms with E-state index in [-0.39, 0.29) is 16.6 Å². The smallest absolute Gasteiger partial charge is 0.399 e. The van der Waals surface area contributed by atoms with Gasteiger partial charge in [0.25, 0.3) is 0 Å². The van der Waals surface area contributed by atoms with E-state index in [1.165, 1.54) is 105 Å². The number of fused-ring (bicyclic) bond motifs is 28. The second-order valence-corrected chi connectivity index (χ2v) is 34.4. The van der Waals surface area contributed by atoms with Crippen LogP contribution in [0.25, 0.3) is 167 Å². The quantitative estimate of drug-likeness (QED) is 0.0843. The summed E-state index contributed by atoms with van der Waals surface area (Å²) in [6.45, 7) is 8.37. The Kier molecular flexibility index (Phi) is 17.7. The summed E-state index contributed by atoms with van der Waals surface area (Å²) in [6.07, 6.45) is 0. The van der Waals surface area contributed by atoms with Gasteiger partial charge in [-0.05, 0) is 162 Å². The predicted octanol–water partition coefficient (Wildman–Crippen LogP) is 27.5. The summed E-state index contributed by atoms with van der Waals surface area (Å²) in [7, 11) is -0.404. The van der Waals surface area contributed by atoms with Gasteiger partial charge >= 0.3 is 7.12 Å². The Bertz CT molecular complexity index is 7470. The van der Waals surface area contributed by atoms with E-state index in [0.717, 1.165) is 106 Å². The second kappa shape index (κ2) is 29.4. The highest BCUT2D eigenvalue weighted by molar-refractivity contribution is 9.10. The van der Waals surface area contributed by atoms with Gasteiger partial charge in [0.15, 0.2) is 10.6 Å². The van der Waals surface area contributed by atoms with Crippen LogP contribution in [-0.2, 0) is 20.1 Å². The second-order valence-electron chi connectivity index (χ2n) is 33.7. The van der Waals surface area contributed by atoms with Gasteiger partial charge in [-0.1, -0.05) is 376 Å². The summed E-state index contributed by atoms with van der Waals surface area (Å²) < 4.78 is 13.3. The van der Waals surface area contributed by atoms with Gasteiger partial charge in [0.05, 0.1) is 67.2 Å².